The number of amides is 1. The Bertz CT molecular complexity index is 531. The van der Waals surface area contributed by atoms with Gasteiger partial charge < -0.3 is 4.90 Å². The molecule has 1 aliphatic heterocycles. The van der Waals surface area contributed by atoms with Gasteiger partial charge in [-0.2, -0.15) is 5.10 Å². The van der Waals surface area contributed by atoms with E-state index in [-0.39, 0.29) is 5.91 Å². The topological polar surface area (TPSA) is 47.9 Å². The van der Waals surface area contributed by atoms with Crippen LogP contribution in [0.3, 0.4) is 0 Å². The van der Waals surface area contributed by atoms with Crippen molar-refractivity contribution in [3.8, 4) is 0 Å². The van der Waals surface area contributed by atoms with Crippen molar-refractivity contribution < 1.29 is 4.79 Å². The van der Waals surface area contributed by atoms with Crippen LogP contribution in [0.15, 0.2) is 41.0 Å². The molecule has 0 saturated carbocycles. The summed E-state index contributed by atoms with van der Waals surface area (Å²) >= 11 is 0. The van der Waals surface area contributed by atoms with Crippen molar-refractivity contribution in [1.29, 1.82) is 0 Å². The first-order valence-corrected chi connectivity index (χ1v) is 7.59. The van der Waals surface area contributed by atoms with E-state index in [2.05, 4.69) is 27.4 Å². The minimum atomic E-state index is -0.0617. The third-order valence-corrected chi connectivity index (χ3v) is 3.61. The molecule has 1 aromatic carbocycles. The minimum absolute atomic E-state index is 0.0617. The number of hydrogen-bond acceptors (Lipinski definition) is 4. The van der Waals surface area contributed by atoms with Crippen LogP contribution in [0.1, 0.15) is 12.5 Å². The van der Waals surface area contributed by atoms with Gasteiger partial charge in [0.1, 0.15) is 0 Å². The van der Waals surface area contributed by atoms with E-state index >= 15 is 0 Å². The molecule has 0 unspecified atom stereocenters. The summed E-state index contributed by atoms with van der Waals surface area (Å²) in [4.78, 5) is 16.3. The number of carbonyl (C=O) groups is 1. The van der Waals surface area contributed by atoms with Crippen molar-refractivity contribution in [1.82, 2.24) is 15.2 Å². The first-order chi connectivity index (χ1) is 10.6. The van der Waals surface area contributed by atoms with Crippen LogP contribution in [-0.4, -0.2) is 61.7 Å². The van der Waals surface area contributed by atoms with E-state index in [9.17, 15) is 4.79 Å². The molecule has 1 N–H and O–H groups in total. The molecule has 0 aliphatic carbocycles. The van der Waals surface area contributed by atoms with Crippen molar-refractivity contribution in [3.63, 3.8) is 0 Å². The lowest BCUT2D eigenvalue weighted by molar-refractivity contribution is -0.122. The van der Waals surface area contributed by atoms with Gasteiger partial charge in [-0.3, -0.25) is 9.69 Å². The van der Waals surface area contributed by atoms with Crippen molar-refractivity contribution in [2.45, 2.75) is 6.92 Å². The van der Waals surface area contributed by atoms with E-state index in [0.29, 0.717) is 6.54 Å². The Kier molecular flexibility index (Phi) is 6.30. The average molecular weight is 300 g/mol. The summed E-state index contributed by atoms with van der Waals surface area (Å²) in [5.74, 6) is -0.0617. The van der Waals surface area contributed by atoms with Gasteiger partial charge in [-0.15, -0.1) is 0 Å². The molecule has 1 saturated heterocycles. The number of piperazine rings is 1. The number of rotatable bonds is 5. The maximum absolute atomic E-state index is 11.8. The van der Waals surface area contributed by atoms with Crippen molar-refractivity contribution in [2.75, 3.05) is 39.8 Å². The summed E-state index contributed by atoms with van der Waals surface area (Å²) in [7, 11) is 2.10. The van der Waals surface area contributed by atoms with Crippen LogP contribution in [0.4, 0.5) is 0 Å². The third-order valence-electron chi connectivity index (χ3n) is 3.61. The van der Waals surface area contributed by atoms with Crippen molar-refractivity contribution in [2.24, 2.45) is 5.10 Å². The Morgan fingerprint density at radius 3 is 2.59 bits per heavy atom. The number of benzene rings is 1. The molecular weight excluding hydrogens is 276 g/mol. The zero-order valence-corrected chi connectivity index (χ0v) is 13.3. The van der Waals surface area contributed by atoms with E-state index in [1.807, 2.05) is 43.3 Å². The Hall–Kier alpha value is -1.98. The van der Waals surface area contributed by atoms with E-state index in [1.165, 1.54) is 0 Å². The fraction of sp³-hybridized carbons (Fsp3) is 0.412. The van der Waals surface area contributed by atoms with Gasteiger partial charge in [0.2, 0.25) is 0 Å². The van der Waals surface area contributed by atoms with Crippen LogP contribution in [0.2, 0.25) is 0 Å². The number of hydrogen-bond donors (Lipinski definition) is 1. The molecule has 0 atom stereocenters. The third kappa shape index (κ3) is 5.79. The van der Waals surface area contributed by atoms with Gasteiger partial charge in [-0.05, 0) is 25.1 Å². The van der Waals surface area contributed by atoms with E-state index < -0.39 is 0 Å². The molecule has 1 heterocycles. The summed E-state index contributed by atoms with van der Waals surface area (Å²) < 4.78 is 0. The molecule has 2 rings (SSSR count). The molecule has 1 aromatic rings. The van der Waals surface area contributed by atoms with Crippen LogP contribution in [-0.2, 0) is 4.79 Å². The second kappa shape index (κ2) is 8.46. The first kappa shape index (κ1) is 16.4. The van der Waals surface area contributed by atoms with Crippen molar-refractivity contribution in [3.05, 3.63) is 41.5 Å². The smallest absolute Gasteiger partial charge is 0.254 e. The fourth-order valence-electron chi connectivity index (χ4n) is 2.30. The lowest BCUT2D eigenvalue weighted by Gasteiger charge is -2.31. The Morgan fingerprint density at radius 1 is 1.23 bits per heavy atom. The number of likely N-dealkylation sites (N-methyl/N-ethyl adjacent to an activating group) is 1. The molecular formula is C17H24N4O. The zero-order chi connectivity index (χ0) is 15.8. The summed E-state index contributed by atoms with van der Waals surface area (Å²) in [6.45, 7) is 6.25. The first-order valence-electron chi connectivity index (χ1n) is 7.59. The van der Waals surface area contributed by atoms with Gasteiger partial charge in [-0.25, -0.2) is 5.43 Å². The van der Waals surface area contributed by atoms with Gasteiger partial charge in [0.25, 0.3) is 5.91 Å². The number of hydrazone groups is 1. The molecule has 5 heteroatoms. The maximum Gasteiger partial charge on any atom is 0.254 e. The number of carbonyl (C=O) groups excluding carboxylic acids is 1. The molecule has 5 nitrogen and oxygen atoms in total. The normalized spacial score (nSPS) is 17.8. The van der Waals surface area contributed by atoms with E-state index in [0.717, 1.165) is 37.3 Å². The van der Waals surface area contributed by atoms with Crippen LogP contribution < -0.4 is 5.43 Å². The highest BCUT2D eigenvalue weighted by Gasteiger charge is 2.15. The summed E-state index contributed by atoms with van der Waals surface area (Å²) in [6, 6.07) is 10.0. The highest BCUT2D eigenvalue weighted by atomic mass is 16.2. The Morgan fingerprint density at radius 2 is 1.91 bits per heavy atom. The van der Waals surface area contributed by atoms with Gasteiger partial charge in [0.15, 0.2) is 0 Å². The summed E-state index contributed by atoms with van der Waals surface area (Å²) in [6.07, 6.45) is 3.70. The highest BCUT2D eigenvalue weighted by molar-refractivity contribution is 5.86. The predicted octanol–water partition coefficient (Wildman–Crippen LogP) is 1.44. The van der Waals surface area contributed by atoms with Gasteiger partial charge in [-0.1, -0.05) is 36.4 Å². The summed E-state index contributed by atoms with van der Waals surface area (Å²) in [5.41, 5.74) is 4.70. The lowest BCUT2D eigenvalue weighted by atomic mass is 10.1. The van der Waals surface area contributed by atoms with E-state index in [4.69, 9.17) is 0 Å². The van der Waals surface area contributed by atoms with Crippen LogP contribution in [0, 0.1) is 0 Å². The second-order valence-corrected chi connectivity index (χ2v) is 5.67. The molecule has 0 bridgehead atoms. The van der Waals surface area contributed by atoms with Gasteiger partial charge in [0.05, 0.1) is 12.8 Å². The van der Waals surface area contributed by atoms with Gasteiger partial charge >= 0.3 is 0 Å². The van der Waals surface area contributed by atoms with Crippen molar-refractivity contribution >= 4 is 18.2 Å². The fourth-order valence-corrected chi connectivity index (χ4v) is 2.30. The maximum atomic E-state index is 11.8. The predicted molar refractivity (Wildman–Crippen MR) is 90.7 cm³/mol. The number of allylic oxidation sites excluding steroid dienone is 1. The minimum Gasteiger partial charge on any atom is -0.304 e. The molecule has 0 spiro atoms. The molecule has 0 aromatic heterocycles. The molecule has 1 amide bonds. The second-order valence-electron chi connectivity index (χ2n) is 5.67. The van der Waals surface area contributed by atoms with Crippen LogP contribution in [0.25, 0.3) is 6.08 Å². The van der Waals surface area contributed by atoms with E-state index in [1.54, 1.807) is 6.21 Å². The molecule has 0 radical (unpaired) electrons. The molecule has 1 fully saturated rings. The van der Waals surface area contributed by atoms with Crippen LogP contribution >= 0.6 is 0 Å². The summed E-state index contributed by atoms with van der Waals surface area (Å²) in [5, 5.41) is 4.02. The molecule has 118 valence electrons. The van der Waals surface area contributed by atoms with Crippen LogP contribution in [0.5, 0.6) is 0 Å². The van der Waals surface area contributed by atoms with Gasteiger partial charge in [0, 0.05) is 26.2 Å². The standard InChI is InChI=1S/C17H24N4O/c1-15(12-16-6-4-3-5-7-16)13-18-19-17(22)14-21-10-8-20(2)9-11-21/h3-7,12-13H,8-11,14H2,1-2H3,(H,19,22). The molecule has 22 heavy (non-hydrogen) atoms. The SMILES string of the molecule is CC(C=NNC(=O)CN1CCN(C)CC1)=Cc1ccccc1. The number of nitrogens with zero attached hydrogens (tertiary/aromatic N) is 3. The zero-order valence-electron chi connectivity index (χ0n) is 13.3. The monoisotopic (exact) mass is 300 g/mol. The molecule has 1 aliphatic rings. The highest BCUT2D eigenvalue weighted by Crippen LogP contribution is 2.04. The Balaban J connectivity index is 1.74. The largest absolute Gasteiger partial charge is 0.304 e. The Labute approximate surface area is 132 Å². The number of nitrogens with one attached hydrogen (secondary N) is 1. The lowest BCUT2D eigenvalue weighted by Crippen LogP contribution is -2.47. The quantitative estimate of drug-likeness (QED) is 0.661. The average Bonchev–Trinajstić information content (AvgIpc) is 2.50.